The summed E-state index contributed by atoms with van der Waals surface area (Å²) in [5.74, 6) is -1.28. The summed E-state index contributed by atoms with van der Waals surface area (Å²) >= 11 is 1.48. The Kier molecular flexibility index (Phi) is 5.46. The third-order valence-electron chi connectivity index (χ3n) is 2.72. The first-order valence-electron chi connectivity index (χ1n) is 6.14. The lowest BCUT2D eigenvalue weighted by atomic mass is 10.2. The van der Waals surface area contributed by atoms with E-state index in [9.17, 15) is 14.7 Å². The van der Waals surface area contributed by atoms with Crippen molar-refractivity contribution in [3.05, 3.63) is 15.6 Å². The van der Waals surface area contributed by atoms with E-state index in [1.54, 1.807) is 6.92 Å². The predicted molar refractivity (Wildman–Crippen MR) is 74.8 cm³/mol. The highest BCUT2D eigenvalue weighted by molar-refractivity contribution is 7.11. The molecule has 0 aliphatic heterocycles. The number of aliphatic hydroxyl groups excluding tert-OH is 1. The summed E-state index contributed by atoms with van der Waals surface area (Å²) in [5, 5.41) is 23.9. The van der Waals surface area contributed by atoms with Crippen molar-refractivity contribution in [3.63, 3.8) is 0 Å². The van der Waals surface area contributed by atoms with E-state index in [4.69, 9.17) is 5.11 Å². The van der Waals surface area contributed by atoms with Gasteiger partial charge in [-0.05, 0) is 27.7 Å². The molecule has 1 aromatic heterocycles. The number of carbonyl (C=O) groups is 2. The van der Waals surface area contributed by atoms with E-state index in [1.807, 2.05) is 13.8 Å². The van der Waals surface area contributed by atoms with E-state index in [-0.39, 0.29) is 6.04 Å². The molecule has 0 fully saturated rings. The van der Waals surface area contributed by atoms with Crippen LogP contribution in [0.15, 0.2) is 0 Å². The normalized spacial score (nSPS) is 15.2. The largest absolute Gasteiger partial charge is 0.480 e. The molecule has 20 heavy (non-hydrogen) atoms. The van der Waals surface area contributed by atoms with Crippen LogP contribution in [-0.4, -0.2) is 39.3 Å². The first-order valence-corrected chi connectivity index (χ1v) is 6.95. The van der Waals surface area contributed by atoms with E-state index in [2.05, 4.69) is 15.6 Å². The van der Waals surface area contributed by atoms with Crippen LogP contribution in [-0.2, 0) is 4.79 Å². The SMILES string of the molecule is Cc1nc(C)c(C(C)NC(=O)N[C@H](C(=O)O)[C@@H](C)O)s1. The number of hydrogen-bond acceptors (Lipinski definition) is 5. The molecule has 1 heterocycles. The third-order valence-corrected chi connectivity index (χ3v) is 3.97. The monoisotopic (exact) mass is 301 g/mol. The maximum absolute atomic E-state index is 11.8. The molecule has 3 atom stereocenters. The number of carbonyl (C=O) groups excluding carboxylic acids is 1. The molecular formula is C12H19N3O4S. The van der Waals surface area contributed by atoms with Gasteiger partial charge in [0.25, 0.3) is 0 Å². The van der Waals surface area contributed by atoms with Gasteiger partial charge < -0.3 is 20.8 Å². The van der Waals surface area contributed by atoms with Gasteiger partial charge in [0.1, 0.15) is 0 Å². The molecule has 7 nitrogen and oxygen atoms in total. The van der Waals surface area contributed by atoms with E-state index in [1.165, 1.54) is 18.3 Å². The van der Waals surface area contributed by atoms with Crippen LogP contribution in [0.5, 0.6) is 0 Å². The number of aromatic nitrogens is 1. The zero-order valence-electron chi connectivity index (χ0n) is 11.8. The minimum atomic E-state index is -1.34. The number of aliphatic carboxylic acids is 1. The molecule has 0 saturated heterocycles. The zero-order valence-corrected chi connectivity index (χ0v) is 12.6. The van der Waals surface area contributed by atoms with Crippen molar-refractivity contribution < 1.29 is 19.8 Å². The number of urea groups is 1. The molecule has 2 amide bonds. The average molecular weight is 301 g/mol. The van der Waals surface area contributed by atoms with Gasteiger partial charge >= 0.3 is 12.0 Å². The summed E-state index contributed by atoms with van der Waals surface area (Å²) in [4.78, 5) is 27.8. The smallest absolute Gasteiger partial charge is 0.328 e. The Morgan fingerprint density at radius 3 is 2.25 bits per heavy atom. The van der Waals surface area contributed by atoms with E-state index >= 15 is 0 Å². The highest BCUT2D eigenvalue weighted by Crippen LogP contribution is 2.24. The molecule has 1 unspecified atom stereocenters. The van der Waals surface area contributed by atoms with Crippen LogP contribution in [0.1, 0.15) is 35.5 Å². The Bertz CT molecular complexity index is 501. The van der Waals surface area contributed by atoms with Crippen molar-refractivity contribution >= 4 is 23.3 Å². The number of amides is 2. The second kappa shape index (κ2) is 6.67. The standard InChI is InChI=1S/C12H19N3O4S/c1-5-10(20-8(4)13-5)6(2)14-12(19)15-9(7(3)16)11(17)18/h6-7,9,16H,1-4H3,(H,17,18)(H2,14,15,19)/t6?,7-,9+/m1/s1. The fourth-order valence-corrected chi connectivity index (χ4v) is 2.71. The number of aliphatic hydroxyl groups is 1. The molecule has 0 spiro atoms. The first kappa shape index (κ1) is 16.4. The van der Waals surface area contributed by atoms with Crippen molar-refractivity contribution in [1.29, 1.82) is 0 Å². The van der Waals surface area contributed by atoms with Crippen molar-refractivity contribution in [1.82, 2.24) is 15.6 Å². The molecule has 0 bridgehead atoms. The Hall–Kier alpha value is -1.67. The lowest BCUT2D eigenvalue weighted by Crippen LogP contribution is -2.51. The molecule has 8 heteroatoms. The summed E-state index contributed by atoms with van der Waals surface area (Å²) in [7, 11) is 0. The number of carboxylic acid groups (broad SMARTS) is 1. The second-order valence-corrected chi connectivity index (χ2v) is 5.81. The first-order chi connectivity index (χ1) is 9.22. The third kappa shape index (κ3) is 4.17. The van der Waals surface area contributed by atoms with Crippen molar-refractivity contribution in [3.8, 4) is 0 Å². The Labute approximate surface area is 121 Å². The van der Waals surface area contributed by atoms with Gasteiger partial charge in [-0.1, -0.05) is 0 Å². The van der Waals surface area contributed by atoms with Gasteiger partial charge in [-0.2, -0.15) is 0 Å². The second-order valence-electron chi connectivity index (χ2n) is 4.58. The number of carboxylic acids is 1. The lowest BCUT2D eigenvalue weighted by molar-refractivity contribution is -0.141. The summed E-state index contributed by atoms with van der Waals surface area (Å²) in [6.45, 7) is 6.82. The molecule has 1 rings (SSSR count). The predicted octanol–water partition coefficient (Wildman–Crippen LogP) is 0.954. The maximum atomic E-state index is 11.8. The number of aryl methyl sites for hydroxylation is 2. The zero-order chi connectivity index (χ0) is 15.4. The fraction of sp³-hybridized carbons (Fsp3) is 0.583. The van der Waals surface area contributed by atoms with Crippen LogP contribution in [0.25, 0.3) is 0 Å². The van der Waals surface area contributed by atoms with Crippen LogP contribution in [0.4, 0.5) is 4.79 Å². The Balaban J connectivity index is 2.66. The van der Waals surface area contributed by atoms with Crippen LogP contribution in [0.3, 0.4) is 0 Å². The van der Waals surface area contributed by atoms with Gasteiger partial charge in [0, 0.05) is 4.88 Å². The van der Waals surface area contributed by atoms with Gasteiger partial charge in [0.15, 0.2) is 6.04 Å². The van der Waals surface area contributed by atoms with Gasteiger partial charge in [0.05, 0.1) is 22.8 Å². The van der Waals surface area contributed by atoms with Crippen LogP contribution in [0, 0.1) is 13.8 Å². The van der Waals surface area contributed by atoms with Gasteiger partial charge in [0.2, 0.25) is 0 Å². The maximum Gasteiger partial charge on any atom is 0.328 e. The van der Waals surface area contributed by atoms with Crippen LogP contribution >= 0.6 is 11.3 Å². The van der Waals surface area contributed by atoms with E-state index in [0.717, 1.165) is 15.6 Å². The number of nitrogens with zero attached hydrogens (tertiary/aromatic N) is 1. The molecule has 4 N–H and O–H groups in total. The van der Waals surface area contributed by atoms with Crippen LogP contribution < -0.4 is 10.6 Å². The molecule has 1 aromatic rings. The van der Waals surface area contributed by atoms with Gasteiger partial charge in [-0.25, -0.2) is 14.6 Å². The summed E-state index contributed by atoms with van der Waals surface area (Å²) < 4.78 is 0. The number of hydrogen-bond donors (Lipinski definition) is 4. The topological polar surface area (TPSA) is 112 Å². The van der Waals surface area contributed by atoms with Crippen LogP contribution in [0.2, 0.25) is 0 Å². The summed E-state index contributed by atoms with van der Waals surface area (Å²) in [5.41, 5.74) is 0.839. The summed E-state index contributed by atoms with van der Waals surface area (Å²) in [6, 6.07) is -2.27. The minimum Gasteiger partial charge on any atom is -0.480 e. The molecule has 112 valence electrons. The lowest BCUT2D eigenvalue weighted by Gasteiger charge is -2.19. The highest BCUT2D eigenvalue weighted by Gasteiger charge is 2.26. The quantitative estimate of drug-likeness (QED) is 0.647. The average Bonchev–Trinajstić information content (AvgIpc) is 2.64. The van der Waals surface area contributed by atoms with Crippen molar-refractivity contribution in [2.45, 2.75) is 45.9 Å². The highest BCUT2D eigenvalue weighted by atomic mass is 32.1. The fourth-order valence-electron chi connectivity index (χ4n) is 1.78. The van der Waals surface area contributed by atoms with Gasteiger partial charge in [-0.15, -0.1) is 11.3 Å². The Morgan fingerprint density at radius 2 is 1.85 bits per heavy atom. The number of nitrogens with one attached hydrogen (secondary N) is 2. The van der Waals surface area contributed by atoms with Crippen molar-refractivity contribution in [2.75, 3.05) is 0 Å². The molecule has 0 aromatic carbocycles. The molecule has 0 saturated carbocycles. The van der Waals surface area contributed by atoms with E-state index < -0.39 is 24.1 Å². The van der Waals surface area contributed by atoms with E-state index in [0.29, 0.717) is 0 Å². The Morgan fingerprint density at radius 1 is 1.25 bits per heavy atom. The number of thiazole rings is 1. The summed E-state index contributed by atoms with van der Waals surface area (Å²) in [6.07, 6.45) is -1.18. The van der Waals surface area contributed by atoms with Crippen molar-refractivity contribution in [2.24, 2.45) is 0 Å². The molecular weight excluding hydrogens is 282 g/mol. The van der Waals surface area contributed by atoms with Gasteiger partial charge in [-0.3, -0.25) is 0 Å². The molecule has 0 aliphatic rings. The number of rotatable bonds is 5. The minimum absolute atomic E-state index is 0.287. The molecule has 0 aliphatic carbocycles. The molecule has 0 radical (unpaired) electrons.